The maximum atomic E-state index is 11.6. The average molecular weight is 406 g/mol. The highest BCUT2D eigenvalue weighted by atomic mass is 16.7. The predicted molar refractivity (Wildman–Crippen MR) is 98.7 cm³/mol. The second-order valence-electron chi connectivity index (χ2n) is 6.76. The first-order chi connectivity index (χ1) is 13.8. The molecule has 156 valence electrons. The van der Waals surface area contributed by atoms with E-state index in [4.69, 9.17) is 9.47 Å². The molecule has 0 aliphatic carbocycles. The third-order valence-electron chi connectivity index (χ3n) is 4.72. The van der Waals surface area contributed by atoms with Gasteiger partial charge in [-0.25, -0.2) is 4.79 Å². The van der Waals surface area contributed by atoms with E-state index in [2.05, 4.69) is 0 Å². The number of ether oxygens (including phenoxy) is 2. The van der Waals surface area contributed by atoms with Crippen LogP contribution in [0.3, 0.4) is 0 Å². The minimum absolute atomic E-state index is 0.0113. The van der Waals surface area contributed by atoms with E-state index in [1.807, 2.05) is 6.07 Å². The van der Waals surface area contributed by atoms with Gasteiger partial charge in [0, 0.05) is 6.07 Å². The van der Waals surface area contributed by atoms with Gasteiger partial charge in [-0.3, -0.25) is 0 Å². The van der Waals surface area contributed by atoms with Crippen LogP contribution in [0.25, 0.3) is 0 Å². The monoisotopic (exact) mass is 406 g/mol. The summed E-state index contributed by atoms with van der Waals surface area (Å²) in [5, 5.41) is 58.7. The number of aliphatic hydroxyl groups excluding tert-OH is 4. The largest absolute Gasteiger partial charge is 0.507 e. The first-order valence-corrected chi connectivity index (χ1v) is 8.92. The Hall–Kier alpha value is -2.69. The van der Waals surface area contributed by atoms with Crippen LogP contribution in [0.2, 0.25) is 0 Å². The first-order valence-electron chi connectivity index (χ1n) is 8.92. The minimum Gasteiger partial charge on any atom is -0.507 e. The fourth-order valence-corrected chi connectivity index (χ4v) is 3.23. The maximum absolute atomic E-state index is 11.6. The van der Waals surface area contributed by atoms with Gasteiger partial charge in [-0.05, 0) is 23.6 Å². The van der Waals surface area contributed by atoms with Crippen LogP contribution in [-0.2, 0) is 11.2 Å². The highest BCUT2D eigenvalue weighted by Crippen LogP contribution is 2.32. The normalized spacial score (nSPS) is 26.8. The van der Waals surface area contributed by atoms with Crippen LogP contribution in [0.15, 0.2) is 42.5 Å². The summed E-state index contributed by atoms with van der Waals surface area (Å²) in [5.74, 6) is -1.86. The Balaban J connectivity index is 1.90. The van der Waals surface area contributed by atoms with Gasteiger partial charge in [0.25, 0.3) is 0 Å². The Morgan fingerprint density at radius 1 is 1.03 bits per heavy atom. The molecule has 5 atom stereocenters. The molecule has 1 saturated heterocycles. The van der Waals surface area contributed by atoms with Crippen molar-refractivity contribution >= 4 is 5.97 Å². The Morgan fingerprint density at radius 2 is 1.72 bits per heavy atom. The van der Waals surface area contributed by atoms with Crippen LogP contribution in [0.1, 0.15) is 21.5 Å². The standard InChI is InChI=1S/C20H22O9/c21-9-14-16(23)17(24)18(25)20(29-14)28-12-7-11(6-10-4-2-1-3-5-10)15(19(26)27)13(22)8-12/h1-5,7-8,14,16-18,20-25H,6,9H2,(H,26,27)/t14-,16-,17+,18-,20-/m1/s1. The quantitative estimate of drug-likeness (QED) is 0.384. The van der Waals surface area contributed by atoms with Gasteiger partial charge >= 0.3 is 5.97 Å². The van der Waals surface area contributed by atoms with E-state index in [0.717, 1.165) is 11.6 Å². The van der Waals surface area contributed by atoms with E-state index < -0.39 is 49.0 Å². The van der Waals surface area contributed by atoms with Crippen molar-refractivity contribution in [1.29, 1.82) is 0 Å². The molecule has 0 bridgehead atoms. The lowest BCUT2D eigenvalue weighted by Crippen LogP contribution is -2.60. The SMILES string of the molecule is O=C(O)c1c(O)cc(O[C@@H]2O[C@H](CO)[C@@H](O)[C@H](O)[C@H]2O)cc1Cc1ccccc1. The second kappa shape index (κ2) is 8.76. The Bertz CT molecular complexity index is 853. The first kappa shape index (κ1) is 21.0. The van der Waals surface area contributed by atoms with Gasteiger partial charge in [0.15, 0.2) is 0 Å². The lowest BCUT2D eigenvalue weighted by Gasteiger charge is -2.39. The van der Waals surface area contributed by atoms with E-state index in [0.29, 0.717) is 0 Å². The van der Waals surface area contributed by atoms with Crippen LogP contribution in [0, 0.1) is 0 Å². The summed E-state index contributed by atoms with van der Waals surface area (Å²) in [6.07, 6.45) is -7.21. The van der Waals surface area contributed by atoms with Gasteiger partial charge in [-0.1, -0.05) is 30.3 Å². The fourth-order valence-electron chi connectivity index (χ4n) is 3.23. The summed E-state index contributed by atoms with van der Waals surface area (Å²) in [7, 11) is 0. The summed E-state index contributed by atoms with van der Waals surface area (Å²) in [5.41, 5.74) is 0.790. The topological polar surface area (TPSA) is 157 Å². The number of carbonyl (C=O) groups is 1. The number of carboxylic acids is 1. The molecule has 0 saturated carbocycles. The van der Waals surface area contributed by atoms with Gasteiger partial charge in [-0.15, -0.1) is 0 Å². The van der Waals surface area contributed by atoms with Crippen molar-refractivity contribution in [3.63, 3.8) is 0 Å². The summed E-state index contributed by atoms with van der Waals surface area (Å²) in [4.78, 5) is 11.6. The predicted octanol–water partition coefficient (Wildman–Crippen LogP) is -0.140. The summed E-state index contributed by atoms with van der Waals surface area (Å²) < 4.78 is 10.8. The van der Waals surface area contributed by atoms with Gasteiger partial charge < -0.3 is 40.1 Å². The van der Waals surface area contributed by atoms with Crippen LogP contribution in [0.5, 0.6) is 11.5 Å². The minimum atomic E-state index is -1.63. The van der Waals surface area contributed by atoms with E-state index in [9.17, 15) is 35.4 Å². The van der Waals surface area contributed by atoms with Gasteiger partial charge in [-0.2, -0.15) is 0 Å². The van der Waals surface area contributed by atoms with E-state index in [1.54, 1.807) is 24.3 Å². The van der Waals surface area contributed by atoms with Crippen molar-refractivity contribution in [2.75, 3.05) is 6.61 Å². The van der Waals surface area contributed by atoms with Crippen LogP contribution in [0.4, 0.5) is 0 Å². The number of aliphatic hydroxyl groups is 4. The zero-order chi connectivity index (χ0) is 21.1. The van der Waals surface area contributed by atoms with Crippen molar-refractivity contribution < 1.29 is 44.9 Å². The molecule has 1 heterocycles. The van der Waals surface area contributed by atoms with Crippen molar-refractivity contribution in [3.8, 4) is 11.5 Å². The zero-order valence-electron chi connectivity index (χ0n) is 15.3. The summed E-state index contributed by atoms with van der Waals surface area (Å²) >= 11 is 0. The summed E-state index contributed by atoms with van der Waals surface area (Å²) in [6.45, 7) is -0.618. The molecule has 1 aliphatic rings. The average Bonchev–Trinajstić information content (AvgIpc) is 2.68. The van der Waals surface area contributed by atoms with Crippen LogP contribution < -0.4 is 4.74 Å². The highest BCUT2D eigenvalue weighted by molar-refractivity contribution is 5.93. The fraction of sp³-hybridized carbons (Fsp3) is 0.350. The van der Waals surface area contributed by atoms with E-state index in [1.165, 1.54) is 6.07 Å². The van der Waals surface area contributed by atoms with Crippen LogP contribution >= 0.6 is 0 Å². The molecule has 3 rings (SSSR count). The molecule has 6 N–H and O–H groups in total. The molecular formula is C20H22O9. The van der Waals surface area contributed by atoms with Crippen molar-refractivity contribution in [3.05, 3.63) is 59.2 Å². The molecule has 0 spiro atoms. The molecule has 0 unspecified atom stereocenters. The van der Waals surface area contributed by atoms with Crippen molar-refractivity contribution in [2.45, 2.75) is 37.1 Å². The van der Waals surface area contributed by atoms with Gasteiger partial charge in [0.1, 0.15) is 41.5 Å². The smallest absolute Gasteiger partial charge is 0.339 e. The number of hydrogen-bond donors (Lipinski definition) is 6. The molecule has 0 amide bonds. The number of rotatable bonds is 6. The zero-order valence-corrected chi connectivity index (χ0v) is 15.3. The number of benzene rings is 2. The number of aromatic hydroxyl groups is 1. The molecule has 1 aliphatic heterocycles. The number of aromatic carboxylic acids is 1. The molecule has 29 heavy (non-hydrogen) atoms. The second-order valence-corrected chi connectivity index (χ2v) is 6.76. The molecule has 1 fully saturated rings. The number of hydrogen-bond acceptors (Lipinski definition) is 8. The third-order valence-corrected chi connectivity index (χ3v) is 4.72. The Morgan fingerprint density at radius 3 is 2.34 bits per heavy atom. The van der Waals surface area contributed by atoms with Gasteiger partial charge in [0.2, 0.25) is 6.29 Å². The molecule has 9 heteroatoms. The molecule has 0 aromatic heterocycles. The lowest BCUT2D eigenvalue weighted by atomic mass is 9.98. The molecule has 2 aromatic rings. The molecule has 0 radical (unpaired) electrons. The molecule has 9 nitrogen and oxygen atoms in total. The van der Waals surface area contributed by atoms with Crippen molar-refractivity contribution in [2.24, 2.45) is 0 Å². The van der Waals surface area contributed by atoms with E-state index >= 15 is 0 Å². The third kappa shape index (κ3) is 4.50. The Kier molecular flexibility index (Phi) is 6.36. The number of phenols is 1. The number of carboxylic acid groups (broad SMARTS) is 1. The highest BCUT2D eigenvalue weighted by Gasteiger charge is 2.44. The van der Waals surface area contributed by atoms with Gasteiger partial charge in [0.05, 0.1) is 6.61 Å². The molecule has 2 aromatic carbocycles. The van der Waals surface area contributed by atoms with Crippen molar-refractivity contribution in [1.82, 2.24) is 0 Å². The maximum Gasteiger partial charge on any atom is 0.339 e. The summed E-state index contributed by atoms with van der Waals surface area (Å²) in [6, 6.07) is 11.4. The molecular weight excluding hydrogens is 384 g/mol. The lowest BCUT2D eigenvalue weighted by molar-refractivity contribution is -0.277. The van der Waals surface area contributed by atoms with Crippen LogP contribution in [-0.4, -0.2) is 73.9 Å². The Labute approximate surface area is 166 Å². The van der Waals surface area contributed by atoms with E-state index in [-0.39, 0.29) is 23.3 Å².